The molecule has 0 bridgehead atoms. The van der Waals surface area contributed by atoms with Gasteiger partial charge in [-0.1, -0.05) is 28.1 Å². The summed E-state index contributed by atoms with van der Waals surface area (Å²) in [7, 11) is 2.08. The summed E-state index contributed by atoms with van der Waals surface area (Å²) >= 11 is 3.44. The van der Waals surface area contributed by atoms with E-state index in [4.69, 9.17) is 5.73 Å². The van der Waals surface area contributed by atoms with Gasteiger partial charge >= 0.3 is 0 Å². The van der Waals surface area contributed by atoms with E-state index in [1.54, 1.807) is 0 Å². The minimum absolute atomic E-state index is 0.797. The largest absolute Gasteiger partial charge is 0.399 e. The highest BCUT2D eigenvalue weighted by atomic mass is 79.9. The molecule has 0 aliphatic heterocycles. The predicted molar refractivity (Wildman–Crippen MR) is 77.1 cm³/mol. The Morgan fingerprint density at radius 2 is 1.59 bits per heavy atom. The summed E-state index contributed by atoms with van der Waals surface area (Å²) in [6.45, 7) is 0.886. The third-order valence-corrected chi connectivity index (χ3v) is 3.20. The van der Waals surface area contributed by atoms with E-state index in [2.05, 4.69) is 52.1 Å². The van der Waals surface area contributed by atoms with Crippen LogP contribution in [-0.2, 0) is 6.54 Å². The molecular weight excluding hydrogens is 276 g/mol. The zero-order valence-corrected chi connectivity index (χ0v) is 11.3. The maximum absolute atomic E-state index is 5.67. The van der Waals surface area contributed by atoms with Gasteiger partial charge in [0.1, 0.15) is 0 Å². The Morgan fingerprint density at radius 3 is 2.18 bits per heavy atom. The second-order valence-corrected chi connectivity index (χ2v) is 4.99. The van der Waals surface area contributed by atoms with Crippen LogP contribution in [0.2, 0.25) is 0 Å². The van der Waals surface area contributed by atoms with Gasteiger partial charge in [0.05, 0.1) is 0 Å². The molecule has 0 aromatic heterocycles. The van der Waals surface area contributed by atoms with Crippen molar-refractivity contribution in [1.82, 2.24) is 0 Å². The van der Waals surface area contributed by atoms with Crippen LogP contribution >= 0.6 is 15.9 Å². The van der Waals surface area contributed by atoms with Crippen LogP contribution in [0.25, 0.3) is 0 Å². The lowest BCUT2D eigenvalue weighted by atomic mass is 10.2. The molecule has 0 fully saturated rings. The summed E-state index contributed by atoms with van der Waals surface area (Å²) in [5.74, 6) is 0. The second-order valence-electron chi connectivity index (χ2n) is 4.07. The van der Waals surface area contributed by atoms with Gasteiger partial charge in [-0.15, -0.1) is 0 Å². The average Bonchev–Trinajstić information content (AvgIpc) is 2.33. The first kappa shape index (κ1) is 12.0. The Bertz CT molecular complexity index is 477. The average molecular weight is 291 g/mol. The first-order valence-corrected chi connectivity index (χ1v) is 6.25. The highest BCUT2D eigenvalue weighted by Crippen LogP contribution is 2.18. The molecule has 2 aromatic rings. The van der Waals surface area contributed by atoms with Crippen LogP contribution in [0.4, 0.5) is 11.4 Å². The molecule has 3 heteroatoms. The van der Waals surface area contributed by atoms with E-state index >= 15 is 0 Å². The van der Waals surface area contributed by atoms with Crippen LogP contribution < -0.4 is 10.6 Å². The Balaban J connectivity index is 2.08. The molecule has 0 atom stereocenters. The molecule has 0 saturated carbocycles. The van der Waals surface area contributed by atoms with Crippen LogP contribution in [0.5, 0.6) is 0 Å². The number of rotatable bonds is 3. The molecule has 0 heterocycles. The number of halogens is 1. The van der Waals surface area contributed by atoms with Crippen molar-refractivity contribution in [3.8, 4) is 0 Å². The van der Waals surface area contributed by atoms with E-state index in [0.717, 1.165) is 16.7 Å². The van der Waals surface area contributed by atoms with Crippen LogP contribution in [0.3, 0.4) is 0 Å². The maximum atomic E-state index is 5.67. The zero-order chi connectivity index (χ0) is 12.3. The molecule has 2 aromatic carbocycles. The molecular formula is C14H15BrN2. The van der Waals surface area contributed by atoms with Crippen molar-refractivity contribution in [3.63, 3.8) is 0 Å². The van der Waals surface area contributed by atoms with Gasteiger partial charge in [-0.25, -0.2) is 0 Å². The lowest BCUT2D eigenvalue weighted by molar-refractivity contribution is 0.923. The van der Waals surface area contributed by atoms with Gasteiger partial charge in [0.2, 0.25) is 0 Å². The maximum Gasteiger partial charge on any atom is 0.0426 e. The monoisotopic (exact) mass is 290 g/mol. The summed E-state index contributed by atoms with van der Waals surface area (Å²) < 4.78 is 1.11. The molecule has 0 aliphatic carbocycles. The second kappa shape index (κ2) is 5.23. The van der Waals surface area contributed by atoms with Gasteiger partial charge < -0.3 is 10.6 Å². The van der Waals surface area contributed by atoms with Crippen LogP contribution in [0.15, 0.2) is 53.0 Å². The quantitative estimate of drug-likeness (QED) is 0.874. The smallest absolute Gasteiger partial charge is 0.0426 e. The van der Waals surface area contributed by atoms with Gasteiger partial charge in [0.25, 0.3) is 0 Å². The third kappa shape index (κ3) is 3.24. The molecule has 88 valence electrons. The highest BCUT2D eigenvalue weighted by molar-refractivity contribution is 9.10. The summed E-state index contributed by atoms with van der Waals surface area (Å²) in [4.78, 5) is 2.20. The molecule has 0 spiro atoms. The van der Waals surface area contributed by atoms with Crippen molar-refractivity contribution >= 4 is 27.3 Å². The number of nitrogen functional groups attached to an aromatic ring is 1. The molecule has 2 nitrogen and oxygen atoms in total. The van der Waals surface area contributed by atoms with Crippen molar-refractivity contribution < 1.29 is 0 Å². The van der Waals surface area contributed by atoms with Crippen LogP contribution in [0.1, 0.15) is 5.56 Å². The van der Waals surface area contributed by atoms with Crippen molar-refractivity contribution in [2.45, 2.75) is 6.54 Å². The molecule has 0 radical (unpaired) electrons. The lowest BCUT2D eigenvalue weighted by Crippen LogP contribution is -2.16. The van der Waals surface area contributed by atoms with Gasteiger partial charge in [-0.2, -0.15) is 0 Å². The van der Waals surface area contributed by atoms with Crippen LogP contribution in [0, 0.1) is 0 Å². The number of hydrogen-bond donors (Lipinski definition) is 1. The normalized spacial score (nSPS) is 10.2. The minimum atomic E-state index is 0.797. The van der Waals surface area contributed by atoms with Crippen molar-refractivity contribution in [2.24, 2.45) is 0 Å². The van der Waals surface area contributed by atoms with Gasteiger partial charge in [-0.3, -0.25) is 0 Å². The Labute approximate surface area is 110 Å². The molecule has 0 unspecified atom stereocenters. The SMILES string of the molecule is CN(Cc1ccc(Br)cc1)c1ccc(N)cc1. The number of hydrogen-bond acceptors (Lipinski definition) is 2. The fourth-order valence-corrected chi connectivity index (χ4v) is 1.95. The topological polar surface area (TPSA) is 29.3 Å². The summed E-state index contributed by atoms with van der Waals surface area (Å²) in [6, 6.07) is 16.3. The summed E-state index contributed by atoms with van der Waals surface area (Å²) in [6.07, 6.45) is 0. The molecule has 0 aliphatic rings. The number of nitrogens with zero attached hydrogens (tertiary/aromatic N) is 1. The van der Waals surface area contributed by atoms with Gasteiger partial charge in [-0.05, 0) is 42.0 Å². The minimum Gasteiger partial charge on any atom is -0.399 e. The molecule has 2 rings (SSSR count). The Hall–Kier alpha value is -1.48. The van der Waals surface area contributed by atoms with E-state index in [-0.39, 0.29) is 0 Å². The predicted octanol–water partition coefficient (Wildman–Crippen LogP) is 3.67. The van der Waals surface area contributed by atoms with E-state index in [1.807, 2.05) is 24.3 Å². The van der Waals surface area contributed by atoms with E-state index in [0.29, 0.717) is 0 Å². The molecule has 17 heavy (non-hydrogen) atoms. The van der Waals surface area contributed by atoms with Crippen molar-refractivity contribution in [2.75, 3.05) is 17.7 Å². The number of benzene rings is 2. The van der Waals surface area contributed by atoms with Gasteiger partial charge in [0.15, 0.2) is 0 Å². The van der Waals surface area contributed by atoms with Gasteiger partial charge in [0, 0.05) is 29.4 Å². The Kier molecular flexibility index (Phi) is 3.69. The standard InChI is InChI=1S/C14H15BrN2/c1-17(14-8-6-13(16)7-9-14)10-11-2-4-12(15)5-3-11/h2-9H,10,16H2,1H3. The van der Waals surface area contributed by atoms with Crippen LogP contribution in [-0.4, -0.2) is 7.05 Å². The lowest BCUT2D eigenvalue weighted by Gasteiger charge is -2.19. The zero-order valence-electron chi connectivity index (χ0n) is 9.73. The Morgan fingerprint density at radius 1 is 1.00 bits per heavy atom. The van der Waals surface area contributed by atoms with E-state index < -0.39 is 0 Å². The summed E-state index contributed by atoms with van der Waals surface area (Å²) in [5.41, 5.74) is 8.92. The molecule has 0 saturated heterocycles. The first-order valence-electron chi connectivity index (χ1n) is 5.46. The number of anilines is 2. The van der Waals surface area contributed by atoms with E-state index in [1.165, 1.54) is 11.3 Å². The fraction of sp³-hybridized carbons (Fsp3) is 0.143. The fourth-order valence-electron chi connectivity index (χ4n) is 1.68. The van der Waals surface area contributed by atoms with Crippen molar-refractivity contribution in [1.29, 1.82) is 0 Å². The van der Waals surface area contributed by atoms with E-state index in [9.17, 15) is 0 Å². The number of nitrogens with two attached hydrogens (primary N) is 1. The highest BCUT2D eigenvalue weighted by Gasteiger charge is 2.01. The third-order valence-electron chi connectivity index (χ3n) is 2.67. The van der Waals surface area contributed by atoms with Crippen molar-refractivity contribution in [3.05, 3.63) is 58.6 Å². The first-order chi connectivity index (χ1) is 8.15. The summed E-state index contributed by atoms with van der Waals surface area (Å²) in [5, 5.41) is 0. The molecule has 0 amide bonds. The molecule has 2 N–H and O–H groups in total.